The van der Waals surface area contributed by atoms with E-state index < -0.39 is 0 Å². The van der Waals surface area contributed by atoms with Crippen LogP contribution in [0.2, 0.25) is 0 Å². The smallest absolute Gasteiger partial charge is 0.291 e. The zero-order valence-corrected chi connectivity index (χ0v) is 15.6. The zero-order valence-electron chi connectivity index (χ0n) is 14.8. The lowest BCUT2D eigenvalue weighted by atomic mass is 10.1. The first-order chi connectivity index (χ1) is 13.1. The summed E-state index contributed by atoms with van der Waals surface area (Å²) in [5, 5.41) is 4.23. The second kappa shape index (κ2) is 6.76. The topological polar surface area (TPSA) is 88.1 Å². The highest BCUT2D eigenvalue weighted by Gasteiger charge is 2.15. The standard InChI is InChI=1S/C18H15N3O5S/c1-23-12-7-10(8-13(24-2)15(12)25-3)9-14-17(22)21-18(27-14)19-16(20-21)11-5-4-6-26-11/h4-9H,1-3H3/b14-9-. The van der Waals surface area contributed by atoms with Crippen LogP contribution in [0.15, 0.2) is 39.7 Å². The van der Waals surface area contributed by atoms with Crippen LogP contribution in [0.3, 0.4) is 0 Å². The first kappa shape index (κ1) is 17.1. The summed E-state index contributed by atoms with van der Waals surface area (Å²) < 4.78 is 23.0. The fourth-order valence-electron chi connectivity index (χ4n) is 2.68. The van der Waals surface area contributed by atoms with Crippen LogP contribution in [0.25, 0.3) is 22.6 Å². The van der Waals surface area contributed by atoms with E-state index in [0.29, 0.717) is 38.3 Å². The van der Waals surface area contributed by atoms with Crippen molar-refractivity contribution in [1.82, 2.24) is 14.6 Å². The molecule has 0 spiro atoms. The molecule has 0 N–H and O–H groups in total. The summed E-state index contributed by atoms with van der Waals surface area (Å²) in [4.78, 5) is 17.5. The largest absolute Gasteiger partial charge is 0.493 e. The van der Waals surface area contributed by atoms with E-state index in [2.05, 4.69) is 10.1 Å². The van der Waals surface area contributed by atoms with Crippen LogP contribution < -0.4 is 24.3 Å². The van der Waals surface area contributed by atoms with Crippen molar-refractivity contribution < 1.29 is 18.6 Å². The maximum atomic E-state index is 12.7. The third-order valence-corrected chi connectivity index (χ3v) is 4.87. The second-order valence-electron chi connectivity index (χ2n) is 5.48. The average molecular weight is 385 g/mol. The number of furan rings is 1. The summed E-state index contributed by atoms with van der Waals surface area (Å²) in [6.45, 7) is 0. The maximum absolute atomic E-state index is 12.7. The molecule has 9 heteroatoms. The van der Waals surface area contributed by atoms with Crippen LogP contribution >= 0.6 is 11.3 Å². The lowest BCUT2D eigenvalue weighted by Gasteiger charge is -2.12. The number of hydrogen-bond acceptors (Lipinski definition) is 8. The van der Waals surface area contributed by atoms with Crippen LogP contribution in [0.1, 0.15) is 5.56 Å². The van der Waals surface area contributed by atoms with Gasteiger partial charge >= 0.3 is 0 Å². The zero-order chi connectivity index (χ0) is 19.0. The third-order valence-electron chi connectivity index (χ3n) is 3.91. The lowest BCUT2D eigenvalue weighted by Crippen LogP contribution is -2.23. The number of methoxy groups -OCH3 is 3. The Morgan fingerprint density at radius 3 is 2.44 bits per heavy atom. The van der Waals surface area contributed by atoms with E-state index in [9.17, 15) is 4.79 Å². The second-order valence-corrected chi connectivity index (χ2v) is 6.49. The summed E-state index contributed by atoms with van der Waals surface area (Å²) in [6, 6.07) is 7.02. The fraction of sp³-hybridized carbons (Fsp3) is 0.167. The molecule has 4 aromatic rings. The molecule has 3 heterocycles. The molecular formula is C18H15N3O5S. The molecule has 0 unspecified atom stereocenters. The summed E-state index contributed by atoms with van der Waals surface area (Å²) in [5.41, 5.74) is 0.478. The summed E-state index contributed by atoms with van der Waals surface area (Å²) in [5.74, 6) is 2.40. The average Bonchev–Trinajstić information content (AvgIpc) is 3.40. The van der Waals surface area contributed by atoms with Crippen LogP contribution in [-0.4, -0.2) is 35.9 Å². The Kier molecular flexibility index (Phi) is 4.28. The predicted octanol–water partition coefficient (Wildman–Crippen LogP) is 1.98. The van der Waals surface area contributed by atoms with Crippen molar-refractivity contribution in [1.29, 1.82) is 0 Å². The Morgan fingerprint density at radius 1 is 1.15 bits per heavy atom. The van der Waals surface area contributed by atoms with E-state index in [1.54, 1.807) is 44.6 Å². The minimum atomic E-state index is -0.256. The molecular weight excluding hydrogens is 370 g/mol. The molecule has 0 amide bonds. The Morgan fingerprint density at radius 2 is 1.89 bits per heavy atom. The molecule has 0 atom stereocenters. The van der Waals surface area contributed by atoms with Gasteiger partial charge in [-0.25, -0.2) is 0 Å². The van der Waals surface area contributed by atoms with E-state index in [-0.39, 0.29) is 5.56 Å². The highest BCUT2D eigenvalue weighted by atomic mass is 32.1. The van der Waals surface area contributed by atoms with Crippen molar-refractivity contribution in [2.45, 2.75) is 0 Å². The van der Waals surface area contributed by atoms with Gasteiger partial charge in [0.25, 0.3) is 5.56 Å². The van der Waals surface area contributed by atoms with Gasteiger partial charge in [-0.15, -0.1) is 5.10 Å². The number of fused-ring (bicyclic) bond motifs is 1. The SMILES string of the molecule is COc1cc(/C=c2\sc3nc(-c4ccco4)nn3c2=O)cc(OC)c1OC. The fourth-order valence-corrected chi connectivity index (χ4v) is 3.59. The summed E-state index contributed by atoms with van der Waals surface area (Å²) in [7, 11) is 4.62. The van der Waals surface area contributed by atoms with Gasteiger partial charge in [0.05, 0.1) is 32.1 Å². The summed E-state index contributed by atoms with van der Waals surface area (Å²) in [6.07, 6.45) is 3.27. The molecule has 0 fully saturated rings. The highest BCUT2D eigenvalue weighted by Crippen LogP contribution is 2.38. The Labute approximate surface area is 157 Å². The van der Waals surface area contributed by atoms with Crippen LogP contribution in [0.4, 0.5) is 0 Å². The first-order valence-electron chi connectivity index (χ1n) is 7.89. The minimum Gasteiger partial charge on any atom is -0.493 e. The maximum Gasteiger partial charge on any atom is 0.291 e. The molecule has 138 valence electrons. The Balaban J connectivity index is 1.83. The lowest BCUT2D eigenvalue weighted by molar-refractivity contribution is 0.324. The first-order valence-corrected chi connectivity index (χ1v) is 8.71. The quantitative estimate of drug-likeness (QED) is 0.519. The number of aromatic nitrogens is 3. The van der Waals surface area contributed by atoms with Crippen molar-refractivity contribution in [2.75, 3.05) is 21.3 Å². The normalized spacial score (nSPS) is 11.9. The van der Waals surface area contributed by atoms with Gasteiger partial charge in [0, 0.05) is 0 Å². The molecule has 0 saturated heterocycles. The molecule has 4 rings (SSSR count). The van der Waals surface area contributed by atoms with Gasteiger partial charge in [0.1, 0.15) is 0 Å². The number of ether oxygens (including phenoxy) is 3. The van der Waals surface area contributed by atoms with Gasteiger partial charge in [0.15, 0.2) is 17.3 Å². The van der Waals surface area contributed by atoms with Crippen LogP contribution in [0.5, 0.6) is 17.2 Å². The number of rotatable bonds is 5. The van der Waals surface area contributed by atoms with Crippen LogP contribution in [0, 0.1) is 0 Å². The van der Waals surface area contributed by atoms with Crippen LogP contribution in [-0.2, 0) is 0 Å². The van der Waals surface area contributed by atoms with Gasteiger partial charge in [0.2, 0.25) is 16.5 Å². The molecule has 0 aliphatic heterocycles. The molecule has 0 aliphatic rings. The molecule has 0 radical (unpaired) electrons. The van der Waals surface area contributed by atoms with Gasteiger partial charge < -0.3 is 18.6 Å². The van der Waals surface area contributed by atoms with Crippen molar-refractivity contribution in [3.05, 3.63) is 51.0 Å². The number of nitrogens with zero attached hydrogens (tertiary/aromatic N) is 3. The van der Waals surface area contributed by atoms with E-state index in [0.717, 1.165) is 5.56 Å². The molecule has 0 aliphatic carbocycles. The number of hydrogen-bond donors (Lipinski definition) is 0. The van der Waals surface area contributed by atoms with Gasteiger partial charge in [-0.05, 0) is 35.9 Å². The molecule has 27 heavy (non-hydrogen) atoms. The third kappa shape index (κ3) is 2.91. The van der Waals surface area contributed by atoms with Gasteiger partial charge in [-0.3, -0.25) is 4.79 Å². The molecule has 0 saturated carbocycles. The number of thiazole rings is 1. The number of benzene rings is 1. The van der Waals surface area contributed by atoms with Gasteiger partial charge in [-0.2, -0.15) is 9.50 Å². The van der Waals surface area contributed by atoms with E-state index in [1.165, 1.54) is 29.2 Å². The van der Waals surface area contributed by atoms with Crippen molar-refractivity contribution in [3.8, 4) is 28.8 Å². The Bertz CT molecular complexity index is 1190. The van der Waals surface area contributed by atoms with Crippen molar-refractivity contribution in [3.63, 3.8) is 0 Å². The van der Waals surface area contributed by atoms with E-state index in [1.807, 2.05) is 0 Å². The van der Waals surface area contributed by atoms with Crippen molar-refractivity contribution >= 4 is 22.4 Å². The van der Waals surface area contributed by atoms with Gasteiger partial charge in [-0.1, -0.05) is 11.3 Å². The van der Waals surface area contributed by atoms with E-state index >= 15 is 0 Å². The molecule has 8 nitrogen and oxygen atoms in total. The summed E-state index contributed by atoms with van der Waals surface area (Å²) >= 11 is 1.24. The minimum absolute atomic E-state index is 0.256. The predicted molar refractivity (Wildman–Crippen MR) is 99.7 cm³/mol. The van der Waals surface area contributed by atoms with E-state index in [4.69, 9.17) is 18.6 Å². The Hall–Kier alpha value is -3.33. The molecule has 3 aromatic heterocycles. The molecule has 0 bridgehead atoms. The monoisotopic (exact) mass is 385 g/mol. The highest BCUT2D eigenvalue weighted by molar-refractivity contribution is 7.15. The molecule has 1 aromatic carbocycles. The van der Waals surface area contributed by atoms with Crippen molar-refractivity contribution in [2.24, 2.45) is 0 Å².